The molecular formula is C6H9NO3. The summed E-state index contributed by atoms with van der Waals surface area (Å²) in [6.07, 6.45) is 1.17. The van der Waals surface area contributed by atoms with Gasteiger partial charge in [-0.05, 0) is 6.42 Å². The number of ether oxygens (including phenoxy) is 1. The van der Waals surface area contributed by atoms with Gasteiger partial charge in [-0.15, -0.1) is 0 Å². The molecule has 4 heteroatoms. The van der Waals surface area contributed by atoms with Crippen LogP contribution in [0.3, 0.4) is 0 Å². The average Bonchev–Trinajstić information content (AvgIpc) is 1.82. The molecule has 0 fully saturated rings. The van der Waals surface area contributed by atoms with Gasteiger partial charge in [0.25, 0.3) is 0 Å². The van der Waals surface area contributed by atoms with Gasteiger partial charge in [0.1, 0.15) is 0 Å². The van der Waals surface area contributed by atoms with Gasteiger partial charge in [0, 0.05) is 13.1 Å². The van der Waals surface area contributed by atoms with Crippen molar-refractivity contribution in [1.29, 1.82) is 0 Å². The standard InChI is InChI=1S/C6H9NO3/c1-3-4-7-6(9)10-5(2)8/h4H,3H2,1-2H3. The lowest BCUT2D eigenvalue weighted by molar-refractivity contribution is -0.134. The van der Waals surface area contributed by atoms with Gasteiger partial charge in [-0.1, -0.05) is 6.92 Å². The van der Waals surface area contributed by atoms with Crippen LogP contribution >= 0.6 is 0 Å². The lowest BCUT2D eigenvalue weighted by Crippen LogP contribution is -2.03. The highest BCUT2D eigenvalue weighted by molar-refractivity contribution is 5.87. The fourth-order valence-electron chi connectivity index (χ4n) is 0.315. The summed E-state index contributed by atoms with van der Waals surface area (Å²) in [7, 11) is 0. The van der Waals surface area contributed by atoms with Crippen molar-refractivity contribution in [2.75, 3.05) is 0 Å². The van der Waals surface area contributed by atoms with Gasteiger partial charge in [0.2, 0.25) is 0 Å². The lowest BCUT2D eigenvalue weighted by Gasteiger charge is -1.89. The third kappa shape index (κ3) is 4.96. The molecule has 0 heterocycles. The number of esters is 1. The zero-order chi connectivity index (χ0) is 7.98. The van der Waals surface area contributed by atoms with Crippen LogP contribution in [0.15, 0.2) is 4.99 Å². The van der Waals surface area contributed by atoms with Crippen LogP contribution in [0.25, 0.3) is 0 Å². The van der Waals surface area contributed by atoms with Crippen LogP contribution < -0.4 is 0 Å². The Labute approximate surface area is 58.9 Å². The fourth-order valence-corrected chi connectivity index (χ4v) is 0.315. The monoisotopic (exact) mass is 143 g/mol. The number of rotatable bonds is 1. The maximum atomic E-state index is 10.4. The maximum Gasteiger partial charge on any atom is 0.440 e. The molecule has 0 aliphatic rings. The number of carbonyl (C=O) groups is 2. The third-order valence-corrected chi connectivity index (χ3v) is 0.610. The molecule has 0 aromatic carbocycles. The van der Waals surface area contributed by atoms with E-state index >= 15 is 0 Å². The second-order valence-electron chi connectivity index (χ2n) is 1.58. The molecule has 0 bridgehead atoms. The van der Waals surface area contributed by atoms with Crippen molar-refractivity contribution < 1.29 is 14.3 Å². The predicted octanol–water partition coefficient (Wildman–Crippen LogP) is 1.15. The molecule has 0 N–H and O–H groups in total. The Hall–Kier alpha value is -1.19. The average molecular weight is 143 g/mol. The summed E-state index contributed by atoms with van der Waals surface area (Å²) in [4.78, 5) is 23.7. The van der Waals surface area contributed by atoms with Gasteiger partial charge in [0.05, 0.1) is 0 Å². The molecule has 0 saturated carbocycles. The number of aliphatic imine (C=N–C) groups is 1. The Kier molecular flexibility index (Phi) is 4.11. The molecule has 0 radical (unpaired) electrons. The molecule has 0 atom stereocenters. The van der Waals surface area contributed by atoms with Crippen molar-refractivity contribution in [3.8, 4) is 0 Å². The number of carbonyl (C=O) groups excluding carboxylic acids is 2. The summed E-state index contributed by atoms with van der Waals surface area (Å²) in [6, 6.07) is 0. The summed E-state index contributed by atoms with van der Waals surface area (Å²) in [5, 5.41) is 0. The van der Waals surface area contributed by atoms with E-state index in [0.717, 1.165) is 6.92 Å². The van der Waals surface area contributed by atoms with Gasteiger partial charge in [-0.3, -0.25) is 4.79 Å². The van der Waals surface area contributed by atoms with Gasteiger partial charge < -0.3 is 4.74 Å². The quantitative estimate of drug-likeness (QED) is 0.314. The summed E-state index contributed by atoms with van der Waals surface area (Å²) in [6.45, 7) is 2.98. The summed E-state index contributed by atoms with van der Waals surface area (Å²) >= 11 is 0. The molecule has 0 unspecified atom stereocenters. The molecule has 0 spiro atoms. The molecule has 0 saturated heterocycles. The molecule has 56 valence electrons. The highest BCUT2D eigenvalue weighted by atomic mass is 16.6. The molecule has 0 aliphatic carbocycles. The first-order valence-electron chi connectivity index (χ1n) is 2.91. The van der Waals surface area contributed by atoms with E-state index in [0.29, 0.717) is 6.42 Å². The van der Waals surface area contributed by atoms with E-state index in [1.807, 2.05) is 6.92 Å². The molecule has 0 aromatic rings. The van der Waals surface area contributed by atoms with E-state index in [9.17, 15) is 9.59 Å². The summed E-state index contributed by atoms with van der Waals surface area (Å²) in [5.41, 5.74) is 0. The highest BCUT2D eigenvalue weighted by Gasteiger charge is 1.99. The van der Waals surface area contributed by atoms with E-state index in [-0.39, 0.29) is 0 Å². The van der Waals surface area contributed by atoms with E-state index in [1.165, 1.54) is 6.21 Å². The number of hydrogen-bond acceptors (Lipinski definition) is 3. The first-order valence-corrected chi connectivity index (χ1v) is 2.91. The van der Waals surface area contributed by atoms with Crippen molar-refractivity contribution in [3.05, 3.63) is 0 Å². The van der Waals surface area contributed by atoms with Crippen LogP contribution in [0.5, 0.6) is 0 Å². The Morgan fingerprint density at radius 1 is 1.60 bits per heavy atom. The SMILES string of the molecule is CCC=NC(=O)OC(C)=O. The van der Waals surface area contributed by atoms with Gasteiger partial charge >= 0.3 is 12.1 Å². The number of nitrogens with zero attached hydrogens (tertiary/aromatic N) is 1. The Morgan fingerprint density at radius 3 is 2.60 bits per heavy atom. The van der Waals surface area contributed by atoms with Crippen molar-refractivity contribution >= 4 is 18.3 Å². The molecule has 1 amide bonds. The van der Waals surface area contributed by atoms with Crippen molar-refractivity contribution in [3.63, 3.8) is 0 Å². The summed E-state index contributed by atoms with van der Waals surface area (Å²) in [5.74, 6) is -0.641. The molecular weight excluding hydrogens is 134 g/mol. The number of amides is 1. The zero-order valence-corrected chi connectivity index (χ0v) is 5.96. The van der Waals surface area contributed by atoms with Crippen molar-refractivity contribution in [1.82, 2.24) is 0 Å². The molecule has 10 heavy (non-hydrogen) atoms. The second kappa shape index (κ2) is 4.67. The Bertz CT molecular complexity index is 162. The van der Waals surface area contributed by atoms with E-state index in [1.54, 1.807) is 0 Å². The smallest absolute Gasteiger partial charge is 0.375 e. The molecule has 0 rings (SSSR count). The topological polar surface area (TPSA) is 55.7 Å². The van der Waals surface area contributed by atoms with Crippen LogP contribution in [0.4, 0.5) is 4.79 Å². The Morgan fingerprint density at radius 2 is 2.20 bits per heavy atom. The van der Waals surface area contributed by atoms with Crippen LogP contribution in [-0.4, -0.2) is 18.3 Å². The molecule has 0 aromatic heterocycles. The largest absolute Gasteiger partial charge is 0.440 e. The molecule has 0 aliphatic heterocycles. The first kappa shape index (κ1) is 8.81. The fraction of sp³-hybridized carbons (Fsp3) is 0.500. The van der Waals surface area contributed by atoms with E-state index < -0.39 is 12.1 Å². The van der Waals surface area contributed by atoms with Crippen LogP contribution in [0.2, 0.25) is 0 Å². The normalized spacial score (nSPS) is 9.80. The van der Waals surface area contributed by atoms with Crippen LogP contribution in [0.1, 0.15) is 20.3 Å². The van der Waals surface area contributed by atoms with E-state index in [4.69, 9.17) is 0 Å². The minimum absolute atomic E-state index is 0.641. The van der Waals surface area contributed by atoms with Gasteiger partial charge in [0.15, 0.2) is 0 Å². The van der Waals surface area contributed by atoms with E-state index in [2.05, 4.69) is 9.73 Å². The van der Waals surface area contributed by atoms with Crippen LogP contribution in [-0.2, 0) is 9.53 Å². The van der Waals surface area contributed by atoms with Crippen LogP contribution in [0, 0.1) is 0 Å². The maximum absolute atomic E-state index is 10.4. The van der Waals surface area contributed by atoms with Gasteiger partial charge in [-0.25, -0.2) is 4.79 Å². The van der Waals surface area contributed by atoms with Gasteiger partial charge in [-0.2, -0.15) is 4.99 Å². The minimum atomic E-state index is -0.852. The van der Waals surface area contributed by atoms with Crippen molar-refractivity contribution in [2.45, 2.75) is 20.3 Å². The minimum Gasteiger partial charge on any atom is -0.375 e. The predicted molar refractivity (Wildman–Crippen MR) is 35.9 cm³/mol. The third-order valence-electron chi connectivity index (χ3n) is 0.610. The number of hydrogen-bond donors (Lipinski definition) is 0. The lowest BCUT2D eigenvalue weighted by atomic mass is 10.5. The zero-order valence-electron chi connectivity index (χ0n) is 5.96. The molecule has 4 nitrogen and oxygen atoms in total. The first-order chi connectivity index (χ1) is 4.66. The highest BCUT2D eigenvalue weighted by Crippen LogP contribution is 1.83. The Balaban J connectivity index is 3.64. The second-order valence-corrected chi connectivity index (χ2v) is 1.58. The van der Waals surface area contributed by atoms with Crippen molar-refractivity contribution in [2.24, 2.45) is 4.99 Å². The summed E-state index contributed by atoms with van der Waals surface area (Å²) < 4.78 is 4.08.